The Kier molecular flexibility index (Phi) is 4.11. The van der Waals surface area contributed by atoms with Crippen molar-refractivity contribution in [2.75, 3.05) is 32.7 Å². The van der Waals surface area contributed by atoms with Crippen LogP contribution in [0.5, 0.6) is 0 Å². The second kappa shape index (κ2) is 5.25. The maximum atomic E-state index is 6.10. The van der Waals surface area contributed by atoms with Crippen LogP contribution < -0.4 is 5.73 Å². The molecule has 1 heterocycles. The van der Waals surface area contributed by atoms with Gasteiger partial charge in [-0.05, 0) is 39.0 Å². The molecule has 3 heteroatoms. The summed E-state index contributed by atoms with van der Waals surface area (Å²) in [5, 5.41) is 0. The largest absolute Gasteiger partial charge is 0.329 e. The summed E-state index contributed by atoms with van der Waals surface area (Å²) < 4.78 is 0. The van der Waals surface area contributed by atoms with E-state index in [-0.39, 0.29) is 0 Å². The van der Waals surface area contributed by atoms with E-state index in [2.05, 4.69) is 30.6 Å². The van der Waals surface area contributed by atoms with Crippen LogP contribution in [0.3, 0.4) is 0 Å². The molecule has 0 bridgehead atoms. The fourth-order valence-corrected chi connectivity index (χ4v) is 3.68. The average Bonchev–Trinajstić information content (AvgIpc) is 2.72. The summed E-state index contributed by atoms with van der Waals surface area (Å²) in [6, 6.07) is 0.688. The van der Waals surface area contributed by atoms with Gasteiger partial charge in [0.2, 0.25) is 0 Å². The lowest BCUT2D eigenvalue weighted by Gasteiger charge is -2.46. The number of piperazine rings is 1. The van der Waals surface area contributed by atoms with Crippen LogP contribution in [-0.4, -0.2) is 54.1 Å². The molecular formula is C14H29N3. The summed E-state index contributed by atoms with van der Waals surface area (Å²) in [5.41, 5.74) is 6.44. The third kappa shape index (κ3) is 2.67. The molecule has 0 radical (unpaired) electrons. The Balaban J connectivity index is 1.95. The summed E-state index contributed by atoms with van der Waals surface area (Å²) in [5.74, 6) is 0.863. The van der Waals surface area contributed by atoms with Crippen LogP contribution in [0, 0.1) is 5.92 Å². The van der Waals surface area contributed by atoms with Crippen molar-refractivity contribution in [3.63, 3.8) is 0 Å². The van der Waals surface area contributed by atoms with Crippen LogP contribution in [0.25, 0.3) is 0 Å². The minimum atomic E-state index is 0.336. The van der Waals surface area contributed by atoms with Crippen molar-refractivity contribution in [1.82, 2.24) is 9.80 Å². The highest BCUT2D eigenvalue weighted by atomic mass is 15.3. The maximum Gasteiger partial charge on any atom is 0.0335 e. The molecule has 2 unspecified atom stereocenters. The molecule has 2 rings (SSSR count). The summed E-state index contributed by atoms with van der Waals surface area (Å²) >= 11 is 0. The zero-order valence-electron chi connectivity index (χ0n) is 11.8. The first-order chi connectivity index (χ1) is 8.07. The van der Waals surface area contributed by atoms with Crippen molar-refractivity contribution in [3.05, 3.63) is 0 Å². The molecule has 0 aromatic heterocycles. The molecule has 100 valence electrons. The lowest BCUT2D eigenvalue weighted by Crippen LogP contribution is -2.59. The van der Waals surface area contributed by atoms with Crippen LogP contribution in [0.4, 0.5) is 0 Å². The molecule has 1 aliphatic carbocycles. The standard InChI is InChI=1S/C14H29N3/c1-12(2)16-6-8-17(9-7-16)14(11-15)5-4-13(3)10-14/h12-13H,4-11,15H2,1-3H3. The average molecular weight is 239 g/mol. The normalized spacial score (nSPS) is 36.9. The highest BCUT2D eigenvalue weighted by molar-refractivity contribution is 4.99. The third-order valence-electron chi connectivity index (χ3n) is 4.93. The number of nitrogens with zero attached hydrogens (tertiary/aromatic N) is 2. The molecule has 1 saturated heterocycles. The molecule has 17 heavy (non-hydrogen) atoms. The Bertz CT molecular complexity index is 246. The lowest BCUT2D eigenvalue weighted by atomic mass is 9.93. The molecule has 0 spiro atoms. The van der Waals surface area contributed by atoms with Gasteiger partial charge in [0.15, 0.2) is 0 Å². The molecular weight excluding hydrogens is 210 g/mol. The monoisotopic (exact) mass is 239 g/mol. The van der Waals surface area contributed by atoms with E-state index in [1.807, 2.05) is 0 Å². The van der Waals surface area contributed by atoms with Crippen LogP contribution >= 0.6 is 0 Å². The Morgan fingerprint density at radius 2 is 1.88 bits per heavy atom. The number of hydrogen-bond donors (Lipinski definition) is 1. The van der Waals surface area contributed by atoms with Gasteiger partial charge in [-0.2, -0.15) is 0 Å². The van der Waals surface area contributed by atoms with Crippen LogP contribution in [0.1, 0.15) is 40.0 Å². The summed E-state index contributed by atoms with van der Waals surface area (Å²) in [6.07, 6.45) is 3.99. The van der Waals surface area contributed by atoms with Gasteiger partial charge in [-0.3, -0.25) is 9.80 Å². The van der Waals surface area contributed by atoms with E-state index in [1.165, 1.54) is 45.4 Å². The molecule has 1 saturated carbocycles. The molecule has 2 N–H and O–H groups in total. The van der Waals surface area contributed by atoms with E-state index >= 15 is 0 Å². The van der Waals surface area contributed by atoms with E-state index in [0.717, 1.165) is 12.5 Å². The molecule has 0 aromatic carbocycles. The quantitative estimate of drug-likeness (QED) is 0.811. The van der Waals surface area contributed by atoms with Crippen molar-refractivity contribution < 1.29 is 0 Å². The number of nitrogens with two attached hydrogens (primary N) is 1. The van der Waals surface area contributed by atoms with Gasteiger partial charge >= 0.3 is 0 Å². The second-order valence-electron chi connectivity index (χ2n) is 6.39. The third-order valence-corrected chi connectivity index (χ3v) is 4.93. The van der Waals surface area contributed by atoms with E-state index in [4.69, 9.17) is 5.73 Å². The summed E-state index contributed by atoms with van der Waals surface area (Å²) in [4.78, 5) is 5.27. The number of rotatable bonds is 3. The smallest absolute Gasteiger partial charge is 0.0335 e. The Morgan fingerprint density at radius 3 is 2.29 bits per heavy atom. The molecule has 1 aliphatic heterocycles. The van der Waals surface area contributed by atoms with Gasteiger partial charge in [-0.15, -0.1) is 0 Å². The highest BCUT2D eigenvalue weighted by Crippen LogP contribution is 2.38. The molecule has 0 amide bonds. The van der Waals surface area contributed by atoms with E-state index in [0.29, 0.717) is 11.6 Å². The molecule has 3 nitrogen and oxygen atoms in total. The fourth-order valence-electron chi connectivity index (χ4n) is 3.68. The topological polar surface area (TPSA) is 32.5 Å². The van der Waals surface area contributed by atoms with E-state index in [9.17, 15) is 0 Å². The van der Waals surface area contributed by atoms with Gasteiger partial charge < -0.3 is 5.73 Å². The van der Waals surface area contributed by atoms with Gasteiger partial charge in [-0.1, -0.05) is 6.92 Å². The Morgan fingerprint density at radius 1 is 1.24 bits per heavy atom. The van der Waals surface area contributed by atoms with Gasteiger partial charge in [0.25, 0.3) is 0 Å². The van der Waals surface area contributed by atoms with E-state index in [1.54, 1.807) is 0 Å². The van der Waals surface area contributed by atoms with Crippen molar-refractivity contribution in [2.24, 2.45) is 11.7 Å². The van der Waals surface area contributed by atoms with Gasteiger partial charge in [0.1, 0.15) is 0 Å². The molecule has 0 aromatic rings. The summed E-state index contributed by atoms with van der Waals surface area (Å²) in [7, 11) is 0. The minimum absolute atomic E-state index is 0.336. The Hall–Kier alpha value is -0.120. The van der Waals surface area contributed by atoms with Crippen LogP contribution in [0.15, 0.2) is 0 Å². The van der Waals surface area contributed by atoms with Crippen LogP contribution in [0.2, 0.25) is 0 Å². The Labute approximate surface area is 106 Å². The van der Waals surface area contributed by atoms with Gasteiger partial charge in [0.05, 0.1) is 0 Å². The summed E-state index contributed by atoms with van der Waals surface area (Å²) in [6.45, 7) is 12.7. The second-order valence-corrected chi connectivity index (χ2v) is 6.39. The lowest BCUT2D eigenvalue weighted by molar-refractivity contribution is 0.0273. The molecule has 2 aliphatic rings. The van der Waals surface area contributed by atoms with Crippen molar-refractivity contribution in [2.45, 2.75) is 51.6 Å². The zero-order valence-corrected chi connectivity index (χ0v) is 11.8. The van der Waals surface area contributed by atoms with Crippen molar-refractivity contribution in [1.29, 1.82) is 0 Å². The fraction of sp³-hybridized carbons (Fsp3) is 1.00. The van der Waals surface area contributed by atoms with Crippen molar-refractivity contribution in [3.8, 4) is 0 Å². The predicted octanol–water partition coefficient (Wildman–Crippen LogP) is 1.53. The van der Waals surface area contributed by atoms with Crippen LogP contribution in [-0.2, 0) is 0 Å². The zero-order chi connectivity index (χ0) is 12.5. The van der Waals surface area contributed by atoms with Crippen molar-refractivity contribution >= 4 is 0 Å². The maximum absolute atomic E-state index is 6.10. The predicted molar refractivity (Wildman–Crippen MR) is 73.1 cm³/mol. The minimum Gasteiger partial charge on any atom is -0.329 e. The first-order valence-electron chi connectivity index (χ1n) is 7.26. The first-order valence-corrected chi connectivity index (χ1v) is 7.26. The van der Waals surface area contributed by atoms with Gasteiger partial charge in [-0.25, -0.2) is 0 Å². The molecule has 2 fully saturated rings. The van der Waals surface area contributed by atoms with E-state index < -0.39 is 0 Å². The first kappa shape index (κ1) is 13.3. The SMILES string of the molecule is CC1CCC(CN)(N2CCN(C(C)C)CC2)C1. The molecule has 2 atom stereocenters. The van der Waals surface area contributed by atoms with Gasteiger partial charge in [0, 0.05) is 44.3 Å². The highest BCUT2D eigenvalue weighted by Gasteiger charge is 2.42. The number of hydrogen-bond acceptors (Lipinski definition) is 3.